The molecule has 148 valence electrons. The highest BCUT2D eigenvalue weighted by atomic mass is 19.1. The Hall–Kier alpha value is -3.55. The van der Waals surface area contributed by atoms with Gasteiger partial charge in [0.2, 0.25) is 11.8 Å². The summed E-state index contributed by atoms with van der Waals surface area (Å²) in [6.07, 6.45) is 0.197. The highest BCUT2D eigenvalue weighted by Crippen LogP contribution is 2.30. The number of piperidine rings is 1. The molecule has 2 aliphatic rings. The van der Waals surface area contributed by atoms with E-state index in [9.17, 15) is 23.6 Å². The number of amides is 4. The molecule has 4 rings (SSSR count). The number of hydrogen-bond donors (Lipinski definition) is 1. The summed E-state index contributed by atoms with van der Waals surface area (Å²) in [5, 5.41) is 2.18. The molecule has 0 bridgehead atoms. The number of hydrogen-bond acceptors (Lipinski definition) is 5. The van der Waals surface area contributed by atoms with Crippen LogP contribution in [0.5, 0.6) is 0 Å². The topological polar surface area (TPSA) is 86.8 Å². The molecule has 1 atom stereocenters. The van der Waals surface area contributed by atoms with Crippen LogP contribution in [-0.4, -0.2) is 41.6 Å². The van der Waals surface area contributed by atoms with E-state index >= 15 is 0 Å². The Bertz CT molecular complexity index is 1030. The number of fused-ring (bicyclic) bond motifs is 1. The van der Waals surface area contributed by atoms with Crippen molar-refractivity contribution < 1.29 is 23.6 Å². The van der Waals surface area contributed by atoms with Gasteiger partial charge in [0.25, 0.3) is 11.8 Å². The Morgan fingerprint density at radius 2 is 1.72 bits per heavy atom. The fourth-order valence-electron chi connectivity index (χ4n) is 3.65. The maximum Gasteiger partial charge on any atom is 0.262 e. The van der Waals surface area contributed by atoms with Crippen LogP contribution in [0.4, 0.5) is 10.1 Å². The second kappa shape index (κ2) is 7.12. The van der Waals surface area contributed by atoms with Crippen LogP contribution < -0.4 is 10.2 Å². The summed E-state index contributed by atoms with van der Waals surface area (Å²) < 4.78 is 13.1. The molecule has 0 saturated carbocycles. The van der Waals surface area contributed by atoms with Gasteiger partial charge in [-0.05, 0) is 42.3 Å². The van der Waals surface area contributed by atoms with Crippen LogP contribution in [0.1, 0.15) is 39.1 Å². The van der Waals surface area contributed by atoms with Crippen LogP contribution in [0.3, 0.4) is 0 Å². The van der Waals surface area contributed by atoms with Crippen LogP contribution in [-0.2, 0) is 16.1 Å². The average molecular weight is 395 g/mol. The molecule has 8 heteroatoms. The first-order valence-electron chi connectivity index (χ1n) is 9.16. The molecule has 2 aromatic carbocycles. The van der Waals surface area contributed by atoms with Gasteiger partial charge in [-0.1, -0.05) is 12.1 Å². The summed E-state index contributed by atoms with van der Waals surface area (Å²) in [6, 6.07) is 10.0. The fraction of sp³-hybridized carbons (Fsp3) is 0.238. The third-order valence-electron chi connectivity index (χ3n) is 5.20. The number of nitrogens with one attached hydrogen (secondary N) is 1. The number of anilines is 1. The third kappa shape index (κ3) is 3.37. The van der Waals surface area contributed by atoms with E-state index in [0.29, 0.717) is 12.2 Å². The van der Waals surface area contributed by atoms with Crippen molar-refractivity contribution in [3.8, 4) is 0 Å². The quantitative estimate of drug-likeness (QED) is 0.799. The second-order valence-corrected chi connectivity index (χ2v) is 7.16. The standard InChI is InChI=1S/C21H18FN3O4/c1-24(11-12-2-4-13(22)5-3-12)14-6-7-15-16(10-14)21(29)25(20(15)28)17-8-9-18(26)23-19(17)27/h2-7,10,17H,8-9,11H2,1H3,(H,23,26,27). The third-order valence-corrected chi connectivity index (χ3v) is 5.20. The highest BCUT2D eigenvalue weighted by Gasteiger charge is 2.44. The summed E-state index contributed by atoms with van der Waals surface area (Å²) in [5.41, 5.74) is 2.06. The summed E-state index contributed by atoms with van der Waals surface area (Å²) in [4.78, 5) is 51.9. The molecule has 1 fully saturated rings. The second-order valence-electron chi connectivity index (χ2n) is 7.16. The monoisotopic (exact) mass is 395 g/mol. The molecule has 0 radical (unpaired) electrons. The number of benzene rings is 2. The lowest BCUT2D eigenvalue weighted by atomic mass is 10.0. The van der Waals surface area contributed by atoms with Gasteiger partial charge in [0.1, 0.15) is 11.9 Å². The highest BCUT2D eigenvalue weighted by molar-refractivity contribution is 6.23. The molecule has 0 spiro atoms. The van der Waals surface area contributed by atoms with E-state index < -0.39 is 29.7 Å². The first-order valence-corrected chi connectivity index (χ1v) is 9.16. The van der Waals surface area contributed by atoms with E-state index in [1.54, 1.807) is 30.3 Å². The van der Waals surface area contributed by atoms with Gasteiger partial charge in [-0.2, -0.15) is 0 Å². The summed E-state index contributed by atoms with van der Waals surface area (Å²) in [7, 11) is 1.82. The number of rotatable bonds is 4. The van der Waals surface area contributed by atoms with Crippen LogP contribution in [0.25, 0.3) is 0 Å². The van der Waals surface area contributed by atoms with Gasteiger partial charge in [0.05, 0.1) is 11.1 Å². The van der Waals surface area contributed by atoms with E-state index in [-0.39, 0.29) is 29.8 Å². The zero-order valence-electron chi connectivity index (χ0n) is 15.6. The predicted molar refractivity (Wildman–Crippen MR) is 102 cm³/mol. The SMILES string of the molecule is CN(Cc1ccc(F)cc1)c1ccc2c(c1)C(=O)N(C1CCC(=O)NC1=O)C2=O. The lowest BCUT2D eigenvalue weighted by Crippen LogP contribution is -2.54. The maximum atomic E-state index is 13.1. The van der Waals surface area contributed by atoms with Crippen molar-refractivity contribution in [1.82, 2.24) is 10.2 Å². The summed E-state index contributed by atoms with van der Waals surface area (Å²) >= 11 is 0. The minimum atomic E-state index is -0.986. The molecule has 1 saturated heterocycles. The first-order chi connectivity index (χ1) is 13.8. The van der Waals surface area contributed by atoms with Gasteiger partial charge >= 0.3 is 0 Å². The van der Waals surface area contributed by atoms with Crippen molar-refractivity contribution in [1.29, 1.82) is 0 Å². The van der Waals surface area contributed by atoms with Gasteiger partial charge < -0.3 is 4.90 Å². The average Bonchev–Trinajstić information content (AvgIpc) is 2.94. The Morgan fingerprint density at radius 1 is 1.03 bits per heavy atom. The smallest absolute Gasteiger partial charge is 0.262 e. The zero-order valence-corrected chi connectivity index (χ0v) is 15.6. The number of nitrogens with zero attached hydrogens (tertiary/aromatic N) is 2. The van der Waals surface area contributed by atoms with Crippen LogP contribution in [0, 0.1) is 5.82 Å². The molecule has 2 aromatic rings. The van der Waals surface area contributed by atoms with E-state index in [4.69, 9.17) is 0 Å². The molecule has 29 heavy (non-hydrogen) atoms. The lowest BCUT2D eigenvalue weighted by Gasteiger charge is -2.27. The molecule has 2 heterocycles. The maximum absolute atomic E-state index is 13.1. The van der Waals surface area contributed by atoms with Crippen molar-refractivity contribution in [2.45, 2.75) is 25.4 Å². The molecule has 7 nitrogen and oxygen atoms in total. The van der Waals surface area contributed by atoms with Gasteiger partial charge in [-0.15, -0.1) is 0 Å². The van der Waals surface area contributed by atoms with Crippen molar-refractivity contribution >= 4 is 29.3 Å². The van der Waals surface area contributed by atoms with Crippen molar-refractivity contribution in [3.63, 3.8) is 0 Å². The number of carbonyl (C=O) groups is 4. The fourth-order valence-corrected chi connectivity index (χ4v) is 3.65. The Labute approximate surface area is 166 Å². The van der Waals surface area contributed by atoms with Gasteiger partial charge in [0, 0.05) is 25.7 Å². The van der Waals surface area contributed by atoms with Gasteiger partial charge in [-0.3, -0.25) is 29.4 Å². The molecule has 4 amide bonds. The lowest BCUT2D eigenvalue weighted by molar-refractivity contribution is -0.136. The Morgan fingerprint density at radius 3 is 2.41 bits per heavy atom. The first kappa shape index (κ1) is 18.8. The number of carbonyl (C=O) groups excluding carboxylic acids is 4. The Balaban J connectivity index is 1.57. The van der Waals surface area contributed by atoms with Crippen molar-refractivity contribution in [3.05, 3.63) is 65.0 Å². The molecular weight excluding hydrogens is 377 g/mol. The van der Waals surface area contributed by atoms with Crippen LogP contribution in [0.15, 0.2) is 42.5 Å². The normalized spacial score (nSPS) is 18.7. The van der Waals surface area contributed by atoms with Crippen LogP contribution in [0.2, 0.25) is 0 Å². The van der Waals surface area contributed by atoms with E-state index in [1.807, 2.05) is 11.9 Å². The van der Waals surface area contributed by atoms with Gasteiger partial charge in [-0.25, -0.2) is 4.39 Å². The molecular formula is C21H18FN3O4. The van der Waals surface area contributed by atoms with Crippen molar-refractivity contribution in [2.24, 2.45) is 0 Å². The predicted octanol–water partition coefficient (Wildman–Crippen LogP) is 1.86. The van der Waals surface area contributed by atoms with E-state index in [0.717, 1.165) is 10.5 Å². The molecule has 1 N–H and O–H groups in total. The van der Waals surface area contributed by atoms with E-state index in [2.05, 4.69) is 5.32 Å². The van der Waals surface area contributed by atoms with Gasteiger partial charge in [0.15, 0.2) is 0 Å². The minimum Gasteiger partial charge on any atom is -0.370 e. The molecule has 2 aliphatic heterocycles. The molecule has 1 unspecified atom stereocenters. The minimum absolute atomic E-state index is 0.0788. The van der Waals surface area contributed by atoms with Crippen molar-refractivity contribution in [2.75, 3.05) is 11.9 Å². The molecule has 0 aliphatic carbocycles. The Kier molecular flexibility index (Phi) is 4.62. The molecule has 0 aromatic heterocycles. The van der Waals surface area contributed by atoms with E-state index in [1.165, 1.54) is 12.1 Å². The van der Waals surface area contributed by atoms with Crippen LogP contribution >= 0.6 is 0 Å². The largest absolute Gasteiger partial charge is 0.370 e. The number of halogens is 1. The summed E-state index contributed by atoms with van der Waals surface area (Å²) in [5.74, 6) is -2.44. The number of imide groups is 2. The summed E-state index contributed by atoms with van der Waals surface area (Å²) in [6.45, 7) is 0.484. The zero-order chi connectivity index (χ0) is 20.7.